The smallest absolute Gasteiger partial charge is 0.277 e. The lowest BCUT2D eigenvalue weighted by molar-refractivity contribution is -0.123. The summed E-state index contributed by atoms with van der Waals surface area (Å²) in [5.41, 5.74) is 6.43. The molecule has 126 valence electrons. The van der Waals surface area contributed by atoms with E-state index in [0.717, 1.165) is 16.9 Å². The van der Waals surface area contributed by atoms with E-state index >= 15 is 0 Å². The summed E-state index contributed by atoms with van der Waals surface area (Å²) < 4.78 is 10.6. The molecule has 0 aliphatic heterocycles. The van der Waals surface area contributed by atoms with Crippen molar-refractivity contribution in [3.05, 3.63) is 59.2 Å². The number of carbonyl (C=O) groups excluding carboxylic acids is 1. The largest absolute Gasteiger partial charge is 0.497 e. The predicted molar refractivity (Wildman–Crippen MR) is 94.8 cm³/mol. The van der Waals surface area contributed by atoms with Crippen molar-refractivity contribution in [1.29, 1.82) is 0 Å². The normalized spacial score (nSPS) is 11.1. The highest BCUT2D eigenvalue weighted by atomic mass is 16.5. The summed E-state index contributed by atoms with van der Waals surface area (Å²) in [7, 11) is 1.62. The molecule has 0 radical (unpaired) electrons. The molecule has 5 heteroatoms. The summed E-state index contributed by atoms with van der Waals surface area (Å²) >= 11 is 0. The van der Waals surface area contributed by atoms with Gasteiger partial charge in [0.15, 0.2) is 6.61 Å². The van der Waals surface area contributed by atoms with E-state index in [1.54, 1.807) is 7.11 Å². The second kappa shape index (κ2) is 8.15. The van der Waals surface area contributed by atoms with Gasteiger partial charge in [0.1, 0.15) is 11.5 Å². The van der Waals surface area contributed by atoms with Crippen LogP contribution in [0.4, 0.5) is 0 Å². The molecular formula is C19H22N2O3. The zero-order valence-corrected chi connectivity index (χ0v) is 14.4. The van der Waals surface area contributed by atoms with E-state index in [4.69, 9.17) is 9.47 Å². The molecule has 0 unspecified atom stereocenters. The third-order valence-corrected chi connectivity index (χ3v) is 3.70. The molecule has 0 atom stereocenters. The van der Waals surface area contributed by atoms with Crippen LogP contribution in [-0.4, -0.2) is 25.3 Å². The van der Waals surface area contributed by atoms with Crippen molar-refractivity contribution in [2.75, 3.05) is 13.7 Å². The van der Waals surface area contributed by atoms with Crippen LogP contribution in [0.2, 0.25) is 0 Å². The van der Waals surface area contributed by atoms with Gasteiger partial charge in [-0.3, -0.25) is 4.79 Å². The van der Waals surface area contributed by atoms with Gasteiger partial charge in [-0.05, 0) is 73.9 Å². The molecule has 2 aromatic rings. The van der Waals surface area contributed by atoms with Crippen molar-refractivity contribution in [2.24, 2.45) is 5.10 Å². The molecule has 0 fully saturated rings. The Labute approximate surface area is 142 Å². The van der Waals surface area contributed by atoms with E-state index in [-0.39, 0.29) is 12.5 Å². The summed E-state index contributed by atoms with van der Waals surface area (Å²) in [5.74, 6) is 1.14. The van der Waals surface area contributed by atoms with Crippen LogP contribution >= 0.6 is 0 Å². The summed E-state index contributed by atoms with van der Waals surface area (Å²) in [6.07, 6.45) is 0. The topological polar surface area (TPSA) is 59.9 Å². The predicted octanol–water partition coefficient (Wildman–Crippen LogP) is 3.23. The van der Waals surface area contributed by atoms with Crippen LogP contribution in [0.5, 0.6) is 11.5 Å². The summed E-state index contributed by atoms with van der Waals surface area (Å²) in [6, 6.07) is 13.2. The minimum absolute atomic E-state index is 0.0815. The highest BCUT2D eigenvalue weighted by Crippen LogP contribution is 2.16. The van der Waals surface area contributed by atoms with Gasteiger partial charge in [0.05, 0.1) is 12.8 Å². The molecule has 24 heavy (non-hydrogen) atoms. The van der Waals surface area contributed by atoms with Gasteiger partial charge in [-0.25, -0.2) is 5.43 Å². The van der Waals surface area contributed by atoms with Crippen LogP contribution in [0.15, 0.2) is 47.6 Å². The first-order valence-corrected chi connectivity index (χ1v) is 7.67. The number of aryl methyl sites for hydroxylation is 2. The van der Waals surface area contributed by atoms with Crippen LogP contribution in [0.3, 0.4) is 0 Å². The van der Waals surface area contributed by atoms with Crippen molar-refractivity contribution >= 4 is 11.6 Å². The molecule has 0 aliphatic rings. The quantitative estimate of drug-likeness (QED) is 0.655. The lowest BCUT2D eigenvalue weighted by Gasteiger charge is -2.08. The Balaban J connectivity index is 1.87. The van der Waals surface area contributed by atoms with Crippen LogP contribution in [-0.2, 0) is 4.79 Å². The maximum Gasteiger partial charge on any atom is 0.277 e. The van der Waals surface area contributed by atoms with Gasteiger partial charge in [-0.2, -0.15) is 5.10 Å². The standard InChI is InChI=1S/C19H22N2O3/c1-13-5-8-18(11-14(13)2)24-12-19(22)21-20-15(3)16-6-9-17(23-4)10-7-16/h5-11H,12H2,1-4H3,(H,21,22)/b20-15+. The van der Waals surface area contributed by atoms with Crippen molar-refractivity contribution in [3.8, 4) is 11.5 Å². The minimum atomic E-state index is -0.305. The number of nitrogens with zero attached hydrogens (tertiary/aromatic N) is 1. The zero-order chi connectivity index (χ0) is 17.5. The Morgan fingerprint density at radius 3 is 2.33 bits per heavy atom. The summed E-state index contributed by atoms with van der Waals surface area (Å²) in [5, 5.41) is 4.09. The monoisotopic (exact) mass is 326 g/mol. The fraction of sp³-hybridized carbons (Fsp3) is 0.263. The van der Waals surface area contributed by atoms with Crippen molar-refractivity contribution in [2.45, 2.75) is 20.8 Å². The average Bonchev–Trinajstić information content (AvgIpc) is 2.60. The first kappa shape index (κ1) is 17.5. The molecule has 0 bridgehead atoms. The Kier molecular flexibility index (Phi) is 5.95. The number of nitrogens with one attached hydrogen (secondary N) is 1. The van der Waals surface area contributed by atoms with E-state index in [1.807, 2.05) is 63.2 Å². The van der Waals surface area contributed by atoms with E-state index < -0.39 is 0 Å². The van der Waals surface area contributed by atoms with E-state index in [0.29, 0.717) is 11.5 Å². The lowest BCUT2D eigenvalue weighted by Crippen LogP contribution is -2.25. The maximum atomic E-state index is 11.8. The summed E-state index contributed by atoms with van der Waals surface area (Å²) in [4.78, 5) is 11.8. The molecular weight excluding hydrogens is 304 g/mol. The van der Waals surface area contributed by atoms with Gasteiger partial charge in [0, 0.05) is 0 Å². The highest BCUT2D eigenvalue weighted by molar-refractivity contribution is 5.99. The lowest BCUT2D eigenvalue weighted by atomic mass is 10.1. The Morgan fingerprint density at radius 2 is 1.71 bits per heavy atom. The number of rotatable bonds is 6. The van der Waals surface area contributed by atoms with E-state index in [2.05, 4.69) is 10.5 Å². The second-order valence-electron chi connectivity index (χ2n) is 5.50. The zero-order valence-electron chi connectivity index (χ0n) is 14.4. The van der Waals surface area contributed by atoms with Gasteiger partial charge >= 0.3 is 0 Å². The Hall–Kier alpha value is -2.82. The number of benzene rings is 2. The SMILES string of the molecule is COc1ccc(/C(C)=N/NC(=O)COc2ccc(C)c(C)c2)cc1. The molecule has 0 aromatic heterocycles. The van der Waals surface area contributed by atoms with Gasteiger partial charge in [0.25, 0.3) is 5.91 Å². The van der Waals surface area contributed by atoms with Crippen molar-refractivity contribution in [3.63, 3.8) is 0 Å². The molecule has 2 rings (SSSR count). The molecule has 0 aliphatic carbocycles. The highest BCUT2D eigenvalue weighted by Gasteiger charge is 2.04. The van der Waals surface area contributed by atoms with Crippen LogP contribution in [0.25, 0.3) is 0 Å². The fourth-order valence-electron chi connectivity index (χ4n) is 2.03. The van der Waals surface area contributed by atoms with Gasteiger partial charge in [0.2, 0.25) is 0 Å². The number of ether oxygens (including phenoxy) is 2. The minimum Gasteiger partial charge on any atom is -0.497 e. The molecule has 0 spiro atoms. The van der Waals surface area contributed by atoms with E-state index in [9.17, 15) is 4.79 Å². The van der Waals surface area contributed by atoms with Gasteiger partial charge in [-0.1, -0.05) is 6.07 Å². The molecule has 0 saturated heterocycles. The number of carbonyl (C=O) groups is 1. The number of methoxy groups -OCH3 is 1. The third kappa shape index (κ3) is 4.84. The first-order chi connectivity index (χ1) is 11.5. The molecule has 0 saturated carbocycles. The number of hydrogen-bond acceptors (Lipinski definition) is 4. The van der Waals surface area contributed by atoms with Crippen LogP contribution < -0.4 is 14.9 Å². The number of amides is 1. The van der Waals surface area contributed by atoms with Crippen molar-refractivity contribution < 1.29 is 14.3 Å². The first-order valence-electron chi connectivity index (χ1n) is 7.67. The van der Waals surface area contributed by atoms with Crippen LogP contribution in [0, 0.1) is 13.8 Å². The third-order valence-electron chi connectivity index (χ3n) is 3.70. The Morgan fingerprint density at radius 1 is 1.04 bits per heavy atom. The van der Waals surface area contributed by atoms with E-state index in [1.165, 1.54) is 5.56 Å². The maximum absolute atomic E-state index is 11.8. The average molecular weight is 326 g/mol. The molecule has 2 aromatic carbocycles. The van der Waals surface area contributed by atoms with Gasteiger partial charge < -0.3 is 9.47 Å². The fourth-order valence-corrected chi connectivity index (χ4v) is 2.03. The number of hydrogen-bond donors (Lipinski definition) is 1. The second-order valence-corrected chi connectivity index (χ2v) is 5.50. The molecule has 1 amide bonds. The van der Waals surface area contributed by atoms with Crippen molar-refractivity contribution in [1.82, 2.24) is 5.43 Å². The Bertz CT molecular complexity index is 737. The van der Waals surface area contributed by atoms with Gasteiger partial charge in [-0.15, -0.1) is 0 Å². The van der Waals surface area contributed by atoms with Crippen LogP contribution in [0.1, 0.15) is 23.6 Å². The summed E-state index contributed by atoms with van der Waals surface area (Å²) in [6.45, 7) is 5.78. The molecule has 5 nitrogen and oxygen atoms in total. The molecule has 0 heterocycles. The number of hydrazone groups is 1. The molecule has 1 N–H and O–H groups in total.